The SMILES string of the molecule is O=C1CCC(Nc2ccc(N3CCC(CN4CCN(CC(=O)NC5CCC(Nc6ncc(F)c(-c7cccc(-n8ccccc8=O)c7)n6)CC5)CC4)CC3)c(F)c2)C(=O)N1. The first-order valence-corrected chi connectivity index (χ1v) is 21.1. The van der Waals surface area contributed by atoms with Gasteiger partial charge in [-0.25, -0.2) is 18.7 Å². The Morgan fingerprint density at radius 3 is 2.30 bits per heavy atom. The van der Waals surface area contributed by atoms with Crippen LogP contribution in [0.4, 0.5) is 26.1 Å². The highest BCUT2D eigenvalue weighted by molar-refractivity contribution is 6.01. The molecule has 0 radical (unpaired) electrons. The minimum atomic E-state index is -0.555. The molecule has 2 aromatic carbocycles. The number of hydrogen-bond donors (Lipinski definition) is 4. The number of amides is 3. The first kappa shape index (κ1) is 41.0. The van der Waals surface area contributed by atoms with Crippen molar-refractivity contribution in [3.05, 3.63) is 95.0 Å². The summed E-state index contributed by atoms with van der Waals surface area (Å²) < 4.78 is 31.6. The maximum Gasteiger partial charge on any atom is 0.255 e. The Balaban J connectivity index is 0.726. The summed E-state index contributed by atoms with van der Waals surface area (Å²) >= 11 is 0. The van der Waals surface area contributed by atoms with Crippen LogP contribution in [0.15, 0.2) is 77.9 Å². The lowest BCUT2D eigenvalue weighted by Gasteiger charge is -2.39. The molecule has 3 aliphatic heterocycles. The van der Waals surface area contributed by atoms with Gasteiger partial charge in [0.1, 0.15) is 17.6 Å². The fourth-order valence-electron chi connectivity index (χ4n) is 8.86. The predicted molar refractivity (Wildman–Crippen MR) is 225 cm³/mol. The van der Waals surface area contributed by atoms with E-state index in [1.165, 1.54) is 22.9 Å². The van der Waals surface area contributed by atoms with Crippen molar-refractivity contribution in [2.24, 2.45) is 5.92 Å². The van der Waals surface area contributed by atoms with E-state index in [1.807, 2.05) is 0 Å². The number of rotatable bonds is 12. The standard InChI is InChI=1S/C44H52F2N10O4/c45-35-25-33(48-37-12-14-39(57)51-43(37)60)11-13-38(35)55-18-15-29(16-19-55)27-53-20-22-54(23-21-53)28-40(58)49-31-7-9-32(10-8-31)50-44-47-26-36(46)42(52-44)30-4-3-5-34(24-30)56-17-2-1-6-41(56)59/h1-6,11,13,17,24-26,29,31-32,37,48H,7-10,12,14-16,18-23,27-28H2,(H,49,58)(H,47,50,52)(H,51,57,60). The van der Waals surface area contributed by atoms with Crippen LogP contribution in [0.5, 0.6) is 0 Å². The van der Waals surface area contributed by atoms with Crippen LogP contribution in [-0.2, 0) is 14.4 Å². The average Bonchev–Trinajstić information content (AvgIpc) is 3.25. The number of hydrogen-bond acceptors (Lipinski definition) is 11. The summed E-state index contributed by atoms with van der Waals surface area (Å²) in [5, 5.41) is 12.0. The number of aromatic nitrogens is 3. The molecule has 2 aromatic heterocycles. The van der Waals surface area contributed by atoms with Crippen molar-refractivity contribution in [2.45, 2.75) is 69.5 Å². The number of halogens is 2. The number of anilines is 3. The van der Waals surface area contributed by atoms with Crippen LogP contribution in [0.3, 0.4) is 0 Å². The molecule has 316 valence electrons. The Bertz CT molecular complexity index is 2230. The van der Waals surface area contributed by atoms with Crippen molar-refractivity contribution in [1.29, 1.82) is 0 Å². The van der Waals surface area contributed by atoms with Gasteiger partial charge < -0.3 is 25.8 Å². The summed E-state index contributed by atoms with van der Waals surface area (Å²) in [4.78, 5) is 64.4. The minimum Gasteiger partial charge on any atom is -0.374 e. The van der Waals surface area contributed by atoms with Crippen LogP contribution in [0.25, 0.3) is 16.9 Å². The Kier molecular flexibility index (Phi) is 12.8. The normalized spacial score (nSPS) is 22.0. The zero-order valence-electron chi connectivity index (χ0n) is 33.6. The van der Waals surface area contributed by atoms with Gasteiger partial charge in [-0.2, -0.15) is 0 Å². The van der Waals surface area contributed by atoms with Crippen LogP contribution in [0, 0.1) is 17.6 Å². The van der Waals surface area contributed by atoms with Crippen molar-refractivity contribution in [1.82, 2.24) is 35.0 Å². The van der Waals surface area contributed by atoms with Gasteiger partial charge >= 0.3 is 0 Å². The lowest BCUT2D eigenvalue weighted by Crippen LogP contribution is -2.52. The topological polar surface area (TPSA) is 157 Å². The Hall–Kier alpha value is -5.74. The van der Waals surface area contributed by atoms with Crippen LogP contribution in [-0.4, -0.2) is 113 Å². The summed E-state index contributed by atoms with van der Waals surface area (Å²) in [6, 6.07) is 16.6. The van der Waals surface area contributed by atoms with Crippen molar-refractivity contribution in [2.75, 3.05) is 67.9 Å². The van der Waals surface area contributed by atoms with Gasteiger partial charge in [0, 0.05) is 93.5 Å². The molecule has 14 nitrogen and oxygen atoms in total. The summed E-state index contributed by atoms with van der Waals surface area (Å²) in [6.07, 6.45) is 8.69. The number of pyridine rings is 1. The van der Waals surface area contributed by atoms with E-state index in [0.717, 1.165) is 84.3 Å². The first-order valence-electron chi connectivity index (χ1n) is 21.1. The molecule has 4 aliphatic rings. The number of benzene rings is 2. The quantitative estimate of drug-likeness (QED) is 0.152. The van der Waals surface area contributed by atoms with E-state index in [2.05, 4.69) is 45.9 Å². The molecule has 60 heavy (non-hydrogen) atoms. The molecule has 16 heteroatoms. The second-order valence-corrected chi connectivity index (χ2v) is 16.4. The second kappa shape index (κ2) is 18.7. The van der Waals surface area contributed by atoms with Gasteiger partial charge in [-0.3, -0.25) is 34.0 Å². The highest BCUT2D eigenvalue weighted by Crippen LogP contribution is 2.30. The Morgan fingerprint density at radius 2 is 1.55 bits per heavy atom. The highest BCUT2D eigenvalue weighted by atomic mass is 19.1. The fraction of sp³-hybridized carbons (Fsp3) is 0.455. The van der Waals surface area contributed by atoms with Crippen molar-refractivity contribution in [3.8, 4) is 16.9 Å². The molecule has 5 heterocycles. The molecule has 4 N–H and O–H groups in total. The molecule has 3 saturated heterocycles. The number of nitrogens with one attached hydrogen (secondary N) is 4. The predicted octanol–water partition coefficient (Wildman–Crippen LogP) is 4.16. The number of piperidine rings is 2. The smallest absolute Gasteiger partial charge is 0.255 e. The van der Waals surface area contributed by atoms with E-state index in [9.17, 15) is 23.6 Å². The second-order valence-electron chi connectivity index (χ2n) is 16.4. The van der Waals surface area contributed by atoms with Gasteiger partial charge in [-0.15, -0.1) is 0 Å². The highest BCUT2D eigenvalue weighted by Gasteiger charge is 2.29. The third-order valence-corrected chi connectivity index (χ3v) is 12.2. The van der Waals surface area contributed by atoms with Crippen LogP contribution >= 0.6 is 0 Å². The number of imide groups is 1. The van der Waals surface area contributed by atoms with Gasteiger partial charge in [-0.1, -0.05) is 18.2 Å². The summed E-state index contributed by atoms with van der Waals surface area (Å²) in [5.41, 5.74) is 2.21. The molecule has 8 rings (SSSR count). The molecule has 1 aliphatic carbocycles. The monoisotopic (exact) mass is 822 g/mol. The first-order chi connectivity index (χ1) is 29.1. The van der Waals surface area contributed by atoms with Crippen molar-refractivity contribution >= 4 is 35.0 Å². The molecule has 1 saturated carbocycles. The third kappa shape index (κ3) is 10.2. The molecule has 0 spiro atoms. The van der Waals surface area contributed by atoms with E-state index < -0.39 is 11.9 Å². The van der Waals surface area contributed by atoms with Crippen molar-refractivity contribution < 1.29 is 23.2 Å². The molecular weight excluding hydrogens is 771 g/mol. The largest absolute Gasteiger partial charge is 0.374 e. The van der Waals surface area contributed by atoms with Gasteiger partial charge in [0.05, 0.1) is 18.4 Å². The zero-order chi connectivity index (χ0) is 41.6. The van der Waals surface area contributed by atoms with E-state index in [-0.39, 0.29) is 53.3 Å². The van der Waals surface area contributed by atoms with Gasteiger partial charge in [0.25, 0.3) is 5.56 Å². The molecule has 4 fully saturated rings. The maximum atomic E-state index is 15.2. The van der Waals surface area contributed by atoms with E-state index in [4.69, 9.17) is 0 Å². The van der Waals surface area contributed by atoms with E-state index in [1.54, 1.807) is 54.7 Å². The van der Waals surface area contributed by atoms with E-state index >= 15 is 4.39 Å². The van der Waals surface area contributed by atoms with Gasteiger partial charge in [0.2, 0.25) is 23.7 Å². The molecule has 3 amide bonds. The lowest BCUT2D eigenvalue weighted by molar-refractivity contribution is -0.133. The van der Waals surface area contributed by atoms with Crippen molar-refractivity contribution in [3.63, 3.8) is 0 Å². The average molecular weight is 823 g/mol. The summed E-state index contributed by atoms with van der Waals surface area (Å²) in [5.74, 6) is -0.630. The summed E-state index contributed by atoms with van der Waals surface area (Å²) in [7, 11) is 0. The Morgan fingerprint density at radius 1 is 0.783 bits per heavy atom. The zero-order valence-corrected chi connectivity index (χ0v) is 33.6. The van der Waals surface area contributed by atoms with Gasteiger partial charge in [-0.05, 0) is 87.3 Å². The number of nitrogens with zero attached hydrogens (tertiary/aromatic N) is 6. The molecule has 1 atom stereocenters. The van der Waals surface area contributed by atoms with Crippen LogP contribution in [0.1, 0.15) is 51.4 Å². The molecule has 1 unspecified atom stereocenters. The number of piperazine rings is 1. The number of carbonyl (C=O) groups is 3. The third-order valence-electron chi connectivity index (χ3n) is 12.2. The molecular formula is C44H52F2N10O4. The van der Waals surface area contributed by atoms with E-state index in [0.29, 0.717) is 47.5 Å². The Labute approximate surface area is 347 Å². The fourth-order valence-corrected chi connectivity index (χ4v) is 8.86. The van der Waals surface area contributed by atoms with Crippen LogP contribution < -0.4 is 31.7 Å². The molecule has 4 aromatic rings. The molecule has 0 bridgehead atoms. The van der Waals surface area contributed by atoms with Gasteiger partial charge in [0.15, 0.2) is 5.82 Å². The van der Waals surface area contributed by atoms with Crippen LogP contribution in [0.2, 0.25) is 0 Å². The minimum absolute atomic E-state index is 0.0470. The summed E-state index contributed by atoms with van der Waals surface area (Å²) in [6.45, 7) is 6.41. The number of carbonyl (C=O) groups excluding carboxylic acids is 3. The maximum absolute atomic E-state index is 15.2. The lowest BCUT2D eigenvalue weighted by atomic mass is 9.91.